The third kappa shape index (κ3) is 3.37. The molecule has 0 radical (unpaired) electrons. The van der Waals surface area contributed by atoms with Crippen molar-refractivity contribution in [3.8, 4) is 11.5 Å². The Kier molecular flexibility index (Phi) is 4.86. The molecule has 0 spiro atoms. The van der Waals surface area contributed by atoms with Crippen LogP contribution in [-0.2, 0) is 0 Å². The lowest BCUT2D eigenvalue weighted by Crippen LogP contribution is -2.25. The average molecular weight is 342 g/mol. The Morgan fingerprint density at radius 2 is 1.91 bits per heavy atom. The topological polar surface area (TPSA) is 47.5 Å². The Hall–Kier alpha value is -1.30. The molecule has 7 heteroatoms. The summed E-state index contributed by atoms with van der Waals surface area (Å²) in [5.41, 5.74) is 0.641. The van der Waals surface area contributed by atoms with Crippen LogP contribution in [0.25, 0.3) is 10.9 Å². The summed E-state index contributed by atoms with van der Waals surface area (Å²) in [6.07, 6.45) is 2.54. The van der Waals surface area contributed by atoms with E-state index in [1.165, 1.54) is 12.8 Å². The Labute approximate surface area is 139 Å². The van der Waals surface area contributed by atoms with Crippen LogP contribution in [0.1, 0.15) is 12.8 Å². The van der Waals surface area contributed by atoms with Crippen LogP contribution in [0.3, 0.4) is 0 Å². The summed E-state index contributed by atoms with van der Waals surface area (Å²) in [4.78, 5) is 10.5. The van der Waals surface area contributed by atoms with Gasteiger partial charge in [-0.1, -0.05) is 11.6 Å². The summed E-state index contributed by atoms with van der Waals surface area (Å²) in [5, 5.41) is 1.11. The van der Waals surface area contributed by atoms with Gasteiger partial charge < -0.3 is 9.47 Å². The van der Waals surface area contributed by atoms with Crippen LogP contribution in [0.5, 0.6) is 11.5 Å². The first-order chi connectivity index (χ1) is 10.7. The second-order valence-electron chi connectivity index (χ2n) is 5.20. The highest BCUT2D eigenvalue weighted by Crippen LogP contribution is 2.34. The number of rotatable bonds is 5. The molecule has 1 aromatic heterocycles. The smallest absolute Gasteiger partial charge is 0.224 e. The zero-order valence-corrected chi connectivity index (χ0v) is 13.8. The molecular formula is C15H17Cl2N3O2. The van der Waals surface area contributed by atoms with Crippen LogP contribution < -0.4 is 9.47 Å². The number of halogens is 2. The van der Waals surface area contributed by atoms with E-state index >= 15 is 0 Å². The molecule has 1 aliphatic rings. The minimum Gasteiger partial charge on any atom is -0.493 e. The summed E-state index contributed by atoms with van der Waals surface area (Å²) < 4.78 is 11.2. The van der Waals surface area contributed by atoms with Gasteiger partial charge in [-0.3, -0.25) is 4.90 Å². The maximum Gasteiger partial charge on any atom is 0.224 e. The molecule has 0 unspecified atom stereocenters. The van der Waals surface area contributed by atoms with Crippen LogP contribution in [0.15, 0.2) is 12.1 Å². The second-order valence-corrected chi connectivity index (χ2v) is 5.90. The molecule has 0 saturated carbocycles. The van der Waals surface area contributed by atoms with Crippen molar-refractivity contribution in [1.82, 2.24) is 14.9 Å². The largest absolute Gasteiger partial charge is 0.493 e. The predicted octanol–water partition coefficient (Wildman–Crippen LogP) is 3.42. The monoisotopic (exact) mass is 341 g/mol. The molecule has 1 aliphatic heterocycles. The first-order valence-electron chi connectivity index (χ1n) is 7.23. The summed E-state index contributed by atoms with van der Waals surface area (Å²) in [5.74, 6) is 1.25. The van der Waals surface area contributed by atoms with E-state index in [-0.39, 0.29) is 5.28 Å². The van der Waals surface area contributed by atoms with E-state index in [0.29, 0.717) is 34.2 Å². The number of hydrogen-bond donors (Lipinski definition) is 0. The fraction of sp³-hybridized carbons (Fsp3) is 0.467. The average Bonchev–Trinajstić information content (AvgIpc) is 2.99. The van der Waals surface area contributed by atoms with Gasteiger partial charge in [0.25, 0.3) is 0 Å². The minimum atomic E-state index is 0.116. The highest BCUT2D eigenvalue weighted by atomic mass is 35.5. The zero-order valence-electron chi connectivity index (χ0n) is 12.3. The number of hydrogen-bond acceptors (Lipinski definition) is 5. The van der Waals surface area contributed by atoms with Crippen molar-refractivity contribution in [3.05, 3.63) is 22.6 Å². The Morgan fingerprint density at radius 3 is 2.64 bits per heavy atom. The standard InChI is InChI=1S/C15H17Cl2N3O2/c1-21-12-8-10-11(18-15(17)19-14(10)16)9-13(12)22-7-6-20-4-2-3-5-20/h8-9H,2-7H2,1H3. The summed E-state index contributed by atoms with van der Waals surface area (Å²) in [6, 6.07) is 3.57. The normalized spacial score (nSPS) is 15.4. The molecule has 3 rings (SSSR count). The minimum absolute atomic E-state index is 0.116. The van der Waals surface area contributed by atoms with Gasteiger partial charge in [-0.05, 0) is 43.6 Å². The molecule has 1 saturated heterocycles. The summed E-state index contributed by atoms with van der Waals surface area (Å²) in [7, 11) is 1.60. The first kappa shape index (κ1) is 15.6. The van der Waals surface area contributed by atoms with E-state index in [9.17, 15) is 0 Å². The number of ether oxygens (including phenoxy) is 2. The number of methoxy groups -OCH3 is 1. The van der Waals surface area contributed by atoms with E-state index in [1.807, 2.05) is 0 Å². The number of aromatic nitrogens is 2. The lowest BCUT2D eigenvalue weighted by Gasteiger charge is -2.16. The van der Waals surface area contributed by atoms with Crippen molar-refractivity contribution in [2.24, 2.45) is 0 Å². The number of likely N-dealkylation sites (tertiary alicyclic amines) is 1. The SMILES string of the molecule is COc1cc2c(Cl)nc(Cl)nc2cc1OCCN1CCCC1. The number of benzene rings is 1. The summed E-state index contributed by atoms with van der Waals surface area (Å²) >= 11 is 12.0. The van der Waals surface area contributed by atoms with Gasteiger partial charge in [0.1, 0.15) is 11.8 Å². The molecule has 0 bridgehead atoms. The van der Waals surface area contributed by atoms with E-state index in [0.717, 1.165) is 19.6 Å². The van der Waals surface area contributed by atoms with Crippen molar-refractivity contribution >= 4 is 34.1 Å². The number of nitrogens with zero attached hydrogens (tertiary/aromatic N) is 3. The van der Waals surface area contributed by atoms with Gasteiger partial charge in [0, 0.05) is 18.0 Å². The van der Waals surface area contributed by atoms with Gasteiger partial charge in [0.2, 0.25) is 5.28 Å². The lowest BCUT2D eigenvalue weighted by atomic mass is 10.2. The molecule has 0 aliphatic carbocycles. The fourth-order valence-corrected chi connectivity index (χ4v) is 3.09. The zero-order chi connectivity index (χ0) is 15.5. The highest BCUT2D eigenvalue weighted by molar-refractivity contribution is 6.35. The molecule has 0 N–H and O–H groups in total. The molecule has 1 aromatic carbocycles. The highest BCUT2D eigenvalue weighted by Gasteiger charge is 2.14. The molecule has 5 nitrogen and oxygen atoms in total. The second kappa shape index (κ2) is 6.86. The molecule has 118 valence electrons. The van der Waals surface area contributed by atoms with Crippen LogP contribution in [0, 0.1) is 0 Å². The molecule has 0 amide bonds. The van der Waals surface area contributed by atoms with E-state index in [4.69, 9.17) is 32.7 Å². The molecule has 22 heavy (non-hydrogen) atoms. The third-order valence-corrected chi connectivity index (χ3v) is 4.23. The molecule has 2 heterocycles. The molecule has 2 aromatic rings. The Morgan fingerprint density at radius 1 is 1.14 bits per heavy atom. The van der Waals surface area contributed by atoms with Gasteiger partial charge in [-0.15, -0.1) is 0 Å². The maximum atomic E-state index is 6.10. The Bertz CT molecular complexity index is 675. The molecule has 1 fully saturated rings. The van der Waals surface area contributed by atoms with Gasteiger partial charge in [0.05, 0.1) is 12.6 Å². The van der Waals surface area contributed by atoms with Gasteiger partial charge >= 0.3 is 0 Å². The van der Waals surface area contributed by atoms with Crippen LogP contribution >= 0.6 is 23.2 Å². The van der Waals surface area contributed by atoms with E-state index in [1.54, 1.807) is 19.2 Å². The first-order valence-corrected chi connectivity index (χ1v) is 7.99. The molecular weight excluding hydrogens is 325 g/mol. The third-order valence-electron chi connectivity index (χ3n) is 3.77. The lowest BCUT2D eigenvalue weighted by molar-refractivity contribution is 0.230. The number of fused-ring (bicyclic) bond motifs is 1. The van der Waals surface area contributed by atoms with E-state index in [2.05, 4.69) is 14.9 Å². The van der Waals surface area contributed by atoms with Gasteiger partial charge in [0.15, 0.2) is 11.5 Å². The van der Waals surface area contributed by atoms with Gasteiger partial charge in [-0.2, -0.15) is 0 Å². The van der Waals surface area contributed by atoms with Crippen molar-refractivity contribution < 1.29 is 9.47 Å². The maximum absolute atomic E-state index is 6.10. The van der Waals surface area contributed by atoms with Crippen molar-refractivity contribution in [2.75, 3.05) is 33.4 Å². The van der Waals surface area contributed by atoms with Gasteiger partial charge in [-0.25, -0.2) is 9.97 Å². The predicted molar refractivity (Wildman–Crippen MR) is 87.3 cm³/mol. The fourth-order valence-electron chi connectivity index (χ4n) is 2.64. The van der Waals surface area contributed by atoms with Crippen molar-refractivity contribution in [2.45, 2.75) is 12.8 Å². The Balaban J connectivity index is 1.81. The van der Waals surface area contributed by atoms with Crippen LogP contribution in [0.2, 0.25) is 10.4 Å². The van der Waals surface area contributed by atoms with Crippen LogP contribution in [0.4, 0.5) is 0 Å². The quantitative estimate of drug-likeness (QED) is 0.616. The van der Waals surface area contributed by atoms with E-state index < -0.39 is 0 Å². The van der Waals surface area contributed by atoms with Crippen LogP contribution in [-0.4, -0.2) is 48.2 Å². The molecule has 0 atom stereocenters. The summed E-state index contributed by atoms with van der Waals surface area (Å²) in [6.45, 7) is 3.81. The van der Waals surface area contributed by atoms with Crippen molar-refractivity contribution in [1.29, 1.82) is 0 Å². The van der Waals surface area contributed by atoms with Crippen molar-refractivity contribution in [3.63, 3.8) is 0 Å².